The maximum atomic E-state index is 6.90. The highest BCUT2D eigenvalue weighted by molar-refractivity contribution is 6.26. The first kappa shape index (κ1) is 25.9. The number of anilines is 3. The van der Waals surface area contributed by atoms with Crippen LogP contribution in [-0.2, 0) is 5.41 Å². The summed E-state index contributed by atoms with van der Waals surface area (Å²) in [6.07, 6.45) is 0. The fraction of sp³-hybridized carbons (Fsp3) is 0.0952. The van der Waals surface area contributed by atoms with Gasteiger partial charge >= 0.3 is 0 Å². The lowest BCUT2D eigenvalue weighted by molar-refractivity contribution is 0.573. The minimum atomic E-state index is -0.0562. The fourth-order valence-electron chi connectivity index (χ4n) is 7.09. The van der Waals surface area contributed by atoms with Crippen molar-refractivity contribution >= 4 is 82.5 Å². The molecular formula is C42H31NO2. The minimum Gasteiger partial charge on any atom is -0.455 e. The van der Waals surface area contributed by atoms with Crippen LogP contribution in [0.3, 0.4) is 0 Å². The van der Waals surface area contributed by atoms with Gasteiger partial charge in [0.1, 0.15) is 16.7 Å². The molecule has 0 fully saturated rings. The third-order valence-electron chi connectivity index (χ3n) is 9.16. The molecule has 0 amide bonds. The summed E-state index contributed by atoms with van der Waals surface area (Å²) in [5.41, 5.74) is 7.82. The van der Waals surface area contributed by atoms with Crippen LogP contribution in [-0.4, -0.2) is 0 Å². The van der Waals surface area contributed by atoms with Crippen molar-refractivity contribution in [3.05, 3.63) is 139 Å². The number of hydrogen-bond donors (Lipinski definition) is 0. The molecule has 3 nitrogen and oxygen atoms in total. The summed E-state index contributed by atoms with van der Waals surface area (Å²) in [7, 11) is 0. The van der Waals surface area contributed by atoms with Crippen molar-refractivity contribution in [3.8, 4) is 0 Å². The molecule has 3 heteroatoms. The smallest absolute Gasteiger partial charge is 0.159 e. The van der Waals surface area contributed by atoms with Gasteiger partial charge in [0.2, 0.25) is 0 Å². The molecule has 2 aromatic heterocycles. The fourth-order valence-corrected chi connectivity index (χ4v) is 7.09. The van der Waals surface area contributed by atoms with E-state index >= 15 is 0 Å². The Kier molecular flexibility index (Phi) is 5.46. The van der Waals surface area contributed by atoms with E-state index in [0.717, 1.165) is 77.1 Å². The number of nitrogens with zero attached hydrogens (tertiary/aromatic N) is 1. The molecule has 45 heavy (non-hydrogen) atoms. The SMILES string of the molecule is CC(C)(C)c1cccc2c1oc1c(N(c3ccccc3)c3cc4oc5c6ccccc6ccc5c4c4ccccc34)cccc12. The monoisotopic (exact) mass is 581 g/mol. The number of para-hydroxylation sites is 3. The molecule has 0 saturated carbocycles. The van der Waals surface area contributed by atoms with E-state index in [-0.39, 0.29) is 5.41 Å². The summed E-state index contributed by atoms with van der Waals surface area (Å²) in [5, 5.41) is 9.11. The van der Waals surface area contributed by atoms with Crippen LogP contribution in [0, 0.1) is 0 Å². The van der Waals surface area contributed by atoms with Gasteiger partial charge in [-0.25, -0.2) is 0 Å². The van der Waals surface area contributed by atoms with Crippen molar-refractivity contribution in [1.29, 1.82) is 0 Å². The van der Waals surface area contributed by atoms with Gasteiger partial charge < -0.3 is 13.7 Å². The van der Waals surface area contributed by atoms with Crippen molar-refractivity contribution < 1.29 is 8.83 Å². The van der Waals surface area contributed by atoms with E-state index in [2.05, 4.69) is 159 Å². The average molecular weight is 582 g/mol. The van der Waals surface area contributed by atoms with Crippen molar-refractivity contribution in [2.45, 2.75) is 26.2 Å². The van der Waals surface area contributed by atoms with Gasteiger partial charge in [0.15, 0.2) is 5.58 Å². The van der Waals surface area contributed by atoms with Gasteiger partial charge in [-0.1, -0.05) is 124 Å². The molecule has 216 valence electrons. The van der Waals surface area contributed by atoms with E-state index in [1.165, 1.54) is 10.9 Å². The predicted octanol–water partition coefficient (Wildman–Crippen LogP) is 12.6. The van der Waals surface area contributed by atoms with Gasteiger partial charge in [-0.3, -0.25) is 0 Å². The first-order chi connectivity index (χ1) is 22.0. The Morgan fingerprint density at radius 1 is 0.467 bits per heavy atom. The maximum absolute atomic E-state index is 6.90. The first-order valence-electron chi connectivity index (χ1n) is 15.5. The van der Waals surface area contributed by atoms with Crippen LogP contribution in [0.4, 0.5) is 17.1 Å². The van der Waals surface area contributed by atoms with Gasteiger partial charge in [0, 0.05) is 49.6 Å². The van der Waals surface area contributed by atoms with E-state index < -0.39 is 0 Å². The molecule has 0 spiro atoms. The van der Waals surface area contributed by atoms with Gasteiger partial charge in [-0.15, -0.1) is 0 Å². The standard InChI is InChI=1S/C42H31NO2/c1-42(2,3)34-21-11-19-31-32-20-12-22-35(41(32)45-40(31)34)43(27-14-5-4-6-15-27)36-25-37-38(30-18-10-9-17-29(30)36)33-24-23-26-13-7-8-16-28(26)39(33)44-37/h4-25H,1-3H3. The highest BCUT2D eigenvalue weighted by atomic mass is 16.3. The van der Waals surface area contributed by atoms with E-state index in [0.29, 0.717) is 0 Å². The second kappa shape index (κ2) is 9.48. The number of hydrogen-bond acceptors (Lipinski definition) is 3. The van der Waals surface area contributed by atoms with Crippen LogP contribution in [0.2, 0.25) is 0 Å². The summed E-state index contributed by atoms with van der Waals surface area (Å²) in [5.74, 6) is 0. The molecule has 0 radical (unpaired) electrons. The first-order valence-corrected chi connectivity index (χ1v) is 15.5. The number of fused-ring (bicyclic) bond motifs is 10. The Morgan fingerprint density at radius 2 is 1.13 bits per heavy atom. The number of furan rings is 2. The second-order valence-electron chi connectivity index (χ2n) is 12.9. The van der Waals surface area contributed by atoms with Gasteiger partial charge in [-0.2, -0.15) is 0 Å². The molecule has 0 aliphatic rings. The summed E-state index contributed by atoms with van der Waals surface area (Å²) in [4.78, 5) is 2.33. The van der Waals surface area contributed by atoms with Crippen molar-refractivity contribution in [1.82, 2.24) is 0 Å². The average Bonchev–Trinajstić information content (AvgIpc) is 3.64. The topological polar surface area (TPSA) is 29.5 Å². The summed E-state index contributed by atoms with van der Waals surface area (Å²) in [6, 6.07) is 47.3. The molecule has 0 N–H and O–H groups in total. The maximum Gasteiger partial charge on any atom is 0.159 e. The van der Waals surface area contributed by atoms with Crippen molar-refractivity contribution in [2.75, 3.05) is 4.90 Å². The lowest BCUT2D eigenvalue weighted by Crippen LogP contribution is -2.11. The molecule has 0 bridgehead atoms. The van der Waals surface area contributed by atoms with Crippen LogP contribution < -0.4 is 4.90 Å². The number of rotatable bonds is 3. The molecule has 7 aromatic carbocycles. The molecular weight excluding hydrogens is 550 g/mol. The highest BCUT2D eigenvalue weighted by Crippen LogP contribution is 2.48. The zero-order valence-electron chi connectivity index (χ0n) is 25.5. The lowest BCUT2D eigenvalue weighted by Gasteiger charge is -2.27. The van der Waals surface area contributed by atoms with Gasteiger partial charge in [0.05, 0.1) is 11.4 Å². The Bertz CT molecular complexity index is 2580. The summed E-state index contributed by atoms with van der Waals surface area (Å²) < 4.78 is 13.7. The van der Waals surface area contributed by atoms with Gasteiger partial charge in [-0.05, 0) is 40.5 Å². The van der Waals surface area contributed by atoms with Crippen LogP contribution >= 0.6 is 0 Å². The molecule has 0 atom stereocenters. The molecule has 9 rings (SSSR count). The quantitative estimate of drug-likeness (QED) is 0.208. The van der Waals surface area contributed by atoms with E-state index in [1.54, 1.807) is 0 Å². The third-order valence-corrected chi connectivity index (χ3v) is 9.16. The van der Waals surface area contributed by atoms with Crippen molar-refractivity contribution in [2.24, 2.45) is 0 Å². The lowest BCUT2D eigenvalue weighted by atomic mass is 9.86. The molecule has 0 aliphatic heterocycles. The largest absolute Gasteiger partial charge is 0.455 e. The van der Waals surface area contributed by atoms with E-state index in [9.17, 15) is 0 Å². The Hall–Kier alpha value is -5.54. The molecule has 9 aromatic rings. The zero-order chi connectivity index (χ0) is 30.3. The molecule has 2 heterocycles. The van der Waals surface area contributed by atoms with E-state index in [4.69, 9.17) is 8.83 Å². The van der Waals surface area contributed by atoms with Gasteiger partial charge in [0.25, 0.3) is 0 Å². The highest BCUT2D eigenvalue weighted by Gasteiger charge is 2.26. The van der Waals surface area contributed by atoms with E-state index in [1.807, 2.05) is 0 Å². The minimum absolute atomic E-state index is 0.0562. The normalized spacial score (nSPS) is 12.3. The van der Waals surface area contributed by atoms with Crippen LogP contribution in [0.1, 0.15) is 26.3 Å². The Balaban J connectivity index is 1.40. The Morgan fingerprint density at radius 3 is 1.93 bits per heavy atom. The van der Waals surface area contributed by atoms with Crippen molar-refractivity contribution in [3.63, 3.8) is 0 Å². The molecule has 0 aliphatic carbocycles. The molecule has 0 saturated heterocycles. The third kappa shape index (κ3) is 3.84. The Labute approximate surface area is 260 Å². The second-order valence-corrected chi connectivity index (χ2v) is 12.9. The number of benzene rings is 7. The zero-order valence-corrected chi connectivity index (χ0v) is 25.5. The van der Waals surface area contributed by atoms with Crippen LogP contribution in [0.15, 0.2) is 142 Å². The predicted molar refractivity (Wildman–Crippen MR) is 189 cm³/mol. The summed E-state index contributed by atoms with van der Waals surface area (Å²) >= 11 is 0. The van der Waals surface area contributed by atoms with Crippen LogP contribution in [0.25, 0.3) is 65.4 Å². The summed E-state index contributed by atoms with van der Waals surface area (Å²) in [6.45, 7) is 6.72. The molecule has 0 unspecified atom stereocenters. The van der Waals surface area contributed by atoms with Crippen LogP contribution in [0.5, 0.6) is 0 Å².